The molecule has 1 aliphatic rings. The van der Waals surface area contributed by atoms with Crippen molar-refractivity contribution in [2.45, 2.75) is 58.0 Å². The SMILES string of the molecule is CC(C)(C)OC(=O)NC[C@H](OC1CCCCO1)c1ccccc1. The van der Waals surface area contributed by atoms with E-state index in [-0.39, 0.29) is 12.4 Å². The Hall–Kier alpha value is -1.59. The summed E-state index contributed by atoms with van der Waals surface area (Å²) in [6.07, 6.45) is 2.15. The lowest BCUT2D eigenvalue weighted by atomic mass is 10.1. The van der Waals surface area contributed by atoms with Crippen molar-refractivity contribution in [2.75, 3.05) is 13.2 Å². The summed E-state index contributed by atoms with van der Waals surface area (Å²) in [5.74, 6) is 0. The summed E-state index contributed by atoms with van der Waals surface area (Å²) in [6.45, 7) is 6.60. The van der Waals surface area contributed by atoms with Crippen molar-refractivity contribution < 1.29 is 19.0 Å². The van der Waals surface area contributed by atoms with Gasteiger partial charge in [-0.15, -0.1) is 0 Å². The second kappa shape index (κ2) is 8.31. The third-order valence-electron chi connectivity index (χ3n) is 3.46. The van der Waals surface area contributed by atoms with Crippen molar-refractivity contribution in [1.29, 1.82) is 0 Å². The molecule has 1 heterocycles. The van der Waals surface area contributed by atoms with E-state index in [1.807, 2.05) is 51.1 Å². The number of carbonyl (C=O) groups excluding carboxylic acids is 1. The van der Waals surface area contributed by atoms with Crippen LogP contribution in [0.2, 0.25) is 0 Å². The molecule has 0 radical (unpaired) electrons. The van der Waals surface area contributed by atoms with Gasteiger partial charge in [-0.1, -0.05) is 30.3 Å². The van der Waals surface area contributed by atoms with Gasteiger partial charge in [0.05, 0.1) is 6.54 Å². The molecule has 5 nitrogen and oxygen atoms in total. The maximum absolute atomic E-state index is 11.9. The van der Waals surface area contributed by atoms with Crippen molar-refractivity contribution in [3.05, 3.63) is 35.9 Å². The average Bonchev–Trinajstić information content (AvgIpc) is 2.51. The lowest BCUT2D eigenvalue weighted by Crippen LogP contribution is -2.36. The topological polar surface area (TPSA) is 56.8 Å². The highest BCUT2D eigenvalue weighted by atomic mass is 16.7. The van der Waals surface area contributed by atoms with E-state index in [1.165, 1.54) is 0 Å². The van der Waals surface area contributed by atoms with Gasteiger partial charge in [-0.25, -0.2) is 4.79 Å². The Balaban J connectivity index is 1.94. The molecule has 1 saturated heterocycles. The molecule has 23 heavy (non-hydrogen) atoms. The maximum Gasteiger partial charge on any atom is 0.407 e. The van der Waals surface area contributed by atoms with Crippen LogP contribution in [0.25, 0.3) is 0 Å². The van der Waals surface area contributed by atoms with E-state index in [9.17, 15) is 4.79 Å². The molecule has 0 saturated carbocycles. The van der Waals surface area contributed by atoms with Crippen molar-refractivity contribution in [2.24, 2.45) is 0 Å². The number of ether oxygens (including phenoxy) is 3. The largest absolute Gasteiger partial charge is 0.444 e. The van der Waals surface area contributed by atoms with Crippen molar-refractivity contribution >= 4 is 6.09 Å². The normalized spacial score (nSPS) is 19.9. The van der Waals surface area contributed by atoms with Gasteiger partial charge < -0.3 is 19.5 Å². The average molecular weight is 321 g/mol. The minimum Gasteiger partial charge on any atom is -0.444 e. The summed E-state index contributed by atoms with van der Waals surface area (Å²) in [6, 6.07) is 9.86. The highest BCUT2D eigenvalue weighted by Gasteiger charge is 2.23. The van der Waals surface area contributed by atoms with E-state index in [4.69, 9.17) is 14.2 Å². The van der Waals surface area contributed by atoms with E-state index >= 15 is 0 Å². The molecule has 2 rings (SSSR count). The van der Waals surface area contributed by atoms with Gasteiger partial charge in [-0.3, -0.25) is 0 Å². The standard InChI is InChI=1S/C18H27NO4/c1-18(2,3)23-17(20)19-13-15(14-9-5-4-6-10-14)22-16-11-7-8-12-21-16/h4-6,9-10,15-16H,7-8,11-13H2,1-3H3,(H,19,20)/t15-,16?/m0/s1. The molecule has 1 aliphatic heterocycles. The lowest BCUT2D eigenvalue weighted by molar-refractivity contribution is -0.188. The summed E-state index contributed by atoms with van der Waals surface area (Å²) in [5.41, 5.74) is 0.498. The van der Waals surface area contributed by atoms with Crippen molar-refractivity contribution in [3.8, 4) is 0 Å². The lowest BCUT2D eigenvalue weighted by Gasteiger charge is -2.28. The summed E-state index contributed by atoms with van der Waals surface area (Å²) in [7, 11) is 0. The Kier molecular flexibility index (Phi) is 6.42. The molecule has 5 heteroatoms. The molecule has 2 atom stereocenters. The van der Waals surface area contributed by atoms with Crippen LogP contribution in [-0.4, -0.2) is 31.1 Å². The van der Waals surface area contributed by atoms with Gasteiger partial charge in [0, 0.05) is 6.61 Å². The van der Waals surface area contributed by atoms with Crippen LogP contribution < -0.4 is 5.32 Å². The van der Waals surface area contributed by atoms with E-state index in [0.29, 0.717) is 6.54 Å². The van der Waals surface area contributed by atoms with Crippen molar-refractivity contribution in [3.63, 3.8) is 0 Å². The van der Waals surface area contributed by atoms with Gasteiger partial charge in [0.15, 0.2) is 6.29 Å². The Morgan fingerprint density at radius 3 is 2.65 bits per heavy atom. The molecule has 0 aromatic heterocycles. The van der Waals surface area contributed by atoms with Gasteiger partial charge in [-0.05, 0) is 45.6 Å². The quantitative estimate of drug-likeness (QED) is 0.896. The molecule has 1 N–H and O–H groups in total. The van der Waals surface area contributed by atoms with Crippen LogP contribution in [0.5, 0.6) is 0 Å². The maximum atomic E-state index is 11.9. The highest BCUT2D eigenvalue weighted by molar-refractivity contribution is 5.67. The summed E-state index contributed by atoms with van der Waals surface area (Å²) >= 11 is 0. The number of benzene rings is 1. The zero-order valence-electron chi connectivity index (χ0n) is 14.2. The smallest absolute Gasteiger partial charge is 0.407 e. The monoisotopic (exact) mass is 321 g/mol. The predicted molar refractivity (Wildman–Crippen MR) is 88.1 cm³/mol. The summed E-state index contributed by atoms with van der Waals surface area (Å²) < 4.78 is 17.0. The number of hydrogen-bond donors (Lipinski definition) is 1. The molecule has 1 unspecified atom stereocenters. The number of nitrogens with one attached hydrogen (secondary N) is 1. The molecular weight excluding hydrogens is 294 g/mol. The van der Waals surface area contributed by atoms with Crippen LogP contribution in [0.1, 0.15) is 51.7 Å². The molecule has 1 aromatic rings. The minimum atomic E-state index is -0.514. The molecule has 0 bridgehead atoms. The zero-order chi connectivity index (χ0) is 16.7. The van der Waals surface area contributed by atoms with Crippen LogP contribution in [0, 0.1) is 0 Å². The third kappa shape index (κ3) is 6.59. The Labute approximate surface area is 138 Å². The number of hydrogen-bond acceptors (Lipinski definition) is 4. The predicted octanol–water partition coefficient (Wildman–Crippen LogP) is 3.80. The second-order valence-corrected chi connectivity index (χ2v) is 6.71. The number of amides is 1. The number of rotatable bonds is 5. The first-order chi connectivity index (χ1) is 10.9. The molecule has 1 amide bonds. The molecule has 0 aliphatic carbocycles. The number of alkyl carbamates (subject to hydrolysis) is 1. The minimum absolute atomic E-state index is 0.214. The Morgan fingerprint density at radius 2 is 2.04 bits per heavy atom. The fourth-order valence-corrected chi connectivity index (χ4v) is 2.40. The van der Waals surface area contributed by atoms with Gasteiger partial charge in [0.1, 0.15) is 11.7 Å². The Bertz CT molecular complexity index is 478. The van der Waals surface area contributed by atoms with E-state index in [1.54, 1.807) is 0 Å². The van der Waals surface area contributed by atoms with E-state index < -0.39 is 11.7 Å². The Morgan fingerprint density at radius 1 is 1.30 bits per heavy atom. The molecule has 0 spiro atoms. The van der Waals surface area contributed by atoms with Crippen LogP contribution in [-0.2, 0) is 14.2 Å². The zero-order valence-corrected chi connectivity index (χ0v) is 14.2. The van der Waals surface area contributed by atoms with E-state index in [2.05, 4.69) is 5.32 Å². The van der Waals surface area contributed by atoms with Gasteiger partial charge in [-0.2, -0.15) is 0 Å². The molecule has 1 aromatic carbocycles. The highest BCUT2D eigenvalue weighted by Crippen LogP contribution is 2.23. The van der Waals surface area contributed by atoms with Crippen LogP contribution in [0.3, 0.4) is 0 Å². The third-order valence-corrected chi connectivity index (χ3v) is 3.46. The van der Waals surface area contributed by atoms with E-state index in [0.717, 1.165) is 31.4 Å². The summed E-state index contributed by atoms with van der Waals surface area (Å²) in [5, 5.41) is 2.79. The fraction of sp³-hybridized carbons (Fsp3) is 0.611. The number of carbonyl (C=O) groups is 1. The van der Waals surface area contributed by atoms with Crippen molar-refractivity contribution in [1.82, 2.24) is 5.32 Å². The molecular formula is C18H27NO4. The first kappa shape index (κ1) is 17.8. The first-order valence-corrected chi connectivity index (χ1v) is 8.23. The van der Waals surface area contributed by atoms with Crippen LogP contribution >= 0.6 is 0 Å². The van der Waals surface area contributed by atoms with Crippen LogP contribution in [0.4, 0.5) is 4.79 Å². The molecule has 1 fully saturated rings. The van der Waals surface area contributed by atoms with Gasteiger partial charge >= 0.3 is 6.09 Å². The first-order valence-electron chi connectivity index (χ1n) is 8.23. The molecule has 128 valence electrons. The fourth-order valence-electron chi connectivity index (χ4n) is 2.40. The summed E-state index contributed by atoms with van der Waals surface area (Å²) in [4.78, 5) is 11.9. The second-order valence-electron chi connectivity index (χ2n) is 6.71. The van der Waals surface area contributed by atoms with Gasteiger partial charge in [0.2, 0.25) is 0 Å². The van der Waals surface area contributed by atoms with Crippen LogP contribution in [0.15, 0.2) is 30.3 Å². The van der Waals surface area contributed by atoms with Gasteiger partial charge in [0.25, 0.3) is 0 Å².